The molecule has 0 aliphatic heterocycles. The molecule has 0 aromatic heterocycles. The van der Waals surface area contributed by atoms with Gasteiger partial charge in [0, 0.05) is 11.8 Å². The van der Waals surface area contributed by atoms with Gasteiger partial charge in [0.15, 0.2) is 0 Å². The molecule has 29 heavy (non-hydrogen) atoms. The van der Waals surface area contributed by atoms with Crippen molar-refractivity contribution in [2.24, 2.45) is 63.6 Å². The van der Waals surface area contributed by atoms with Crippen molar-refractivity contribution in [3.05, 3.63) is 12.2 Å². The first-order valence-corrected chi connectivity index (χ1v) is 12.9. The van der Waals surface area contributed by atoms with Gasteiger partial charge in [-0.1, -0.05) is 53.7 Å². The molecular formula is C28H44O. The largest absolute Gasteiger partial charge is 0.299 e. The number of Topliss-reactive ketones (excluding diaryl/α,β-unsaturated/α-hetero) is 1. The van der Waals surface area contributed by atoms with E-state index in [-0.39, 0.29) is 5.41 Å². The summed E-state index contributed by atoms with van der Waals surface area (Å²) in [4.78, 5) is 13.4. The standard InChI is InChI=1S/C28H44O/c1-17(2)18(3)7-8-19(4)22-9-10-23-21-15-25(29)28-16-20(28)11-14-27(28,6)24(21)12-13-26(22,23)5/h7-8,17-24H,9-16H2,1-6H3/t18-,19-,20?,21+,22-,23+,24+,26-,27-,28?/m1/s1. The molecule has 1 nitrogen and oxygen atoms in total. The lowest BCUT2D eigenvalue weighted by Crippen LogP contribution is -2.55. The number of carbonyl (C=O) groups excluding carboxylic acids is 1. The molecule has 1 spiro atoms. The van der Waals surface area contributed by atoms with Gasteiger partial charge in [-0.25, -0.2) is 0 Å². The highest BCUT2D eigenvalue weighted by atomic mass is 16.1. The molecule has 0 heterocycles. The van der Waals surface area contributed by atoms with E-state index in [4.69, 9.17) is 0 Å². The molecule has 5 aliphatic carbocycles. The lowest BCUT2D eigenvalue weighted by atomic mass is 9.45. The molecule has 5 rings (SSSR count). The van der Waals surface area contributed by atoms with Gasteiger partial charge >= 0.3 is 0 Å². The molecule has 5 aliphatic rings. The smallest absolute Gasteiger partial charge is 0.140 e. The lowest BCUT2D eigenvalue weighted by Gasteiger charge is -2.58. The summed E-state index contributed by atoms with van der Waals surface area (Å²) in [5.74, 6) is 6.63. The Bertz CT molecular complexity index is 720. The maximum Gasteiger partial charge on any atom is 0.140 e. The molecule has 5 saturated carbocycles. The molecule has 2 unspecified atom stereocenters. The van der Waals surface area contributed by atoms with Gasteiger partial charge in [-0.3, -0.25) is 4.79 Å². The Morgan fingerprint density at radius 2 is 1.69 bits per heavy atom. The van der Waals surface area contributed by atoms with Crippen LogP contribution in [0.5, 0.6) is 0 Å². The van der Waals surface area contributed by atoms with Crippen molar-refractivity contribution in [3.8, 4) is 0 Å². The number of rotatable bonds is 4. The monoisotopic (exact) mass is 396 g/mol. The minimum Gasteiger partial charge on any atom is -0.299 e. The molecular weight excluding hydrogens is 352 g/mol. The average Bonchev–Trinajstić information content (AvgIpc) is 3.20. The average molecular weight is 397 g/mol. The van der Waals surface area contributed by atoms with Gasteiger partial charge in [-0.2, -0.15) is 0 Å². The second kappa shape index (κ2) is 6.46. The zero-order valence-corrected chi connectivity index (χ0v) is 19.8. The summed E-state index contributed by atoms with van der Waals surface area (Å²) < 4.78 is 0. The van der Waals surface area contributed by atoms with Crippen molar-refractivity contribution in [3.63, 3.8) is 0 Å². The summed E-state index contributed by atoms with van der Waals surface area (Å²) in [6.07, 6.45) is 15.4. The molecule has 0 aromatic carbocycles. The third-order valence-electron chi connectivity index (χ3n) is 11.8. The summed E-state index contributed by atoms with van der Waals surface area (Å²) in [5, 5.41) is 0. The van der Waals surface area contributed by atoms with Crippen LogP contribution in [0.2, 0.25) is 0 Å². The molecule has 0 bridgehead atoms. The predicted molar refractivity (Wildman–Crippen MR) is 120 cm³/mol. The van der Waals surface area contributed by atoms with Gasteiger partial charge in [-0.15, -0.1) is 0 Å². The first-order chi connectivity index (χ1) is 13.6. The first-order valence-electron chi connectivity index (χ1n) is 12.9. The van der Waals surface area contributed by atoms with Crippen molar-refractivity contribution in [1.82, 2.24) is 0 Å². The van der Waals surface area contributed by atoms with Crippen LogP contribution in [0.3, 0.4) is 0 Å². The molecule has 0 radical (unpaired) electrons. The number of allylic oxidation sites excluding steroid dienone is 2. The van der Waals surface area contributed by atoms with Gasteiger partial charge in [0.25, 0.3) is 0 Å². The van der Waals surface area contributed by atoms with Crippen molar-refractivity contribution in [2.75, 3.05) is 0 Å². The van der Waals surface area contributed by atoms with E-state index in [1.54, 1.807) is 0 Å². The zero-order valence-electron chi connectivity index (χ0n) is 19.8. The van der Waals surface area contributed by atoms with Gasteiger partial charge in [-0.05, 0) is 103 Å². The fourth-order valence-corrected chi connectivity index (χ4v) is 9.62. The summed E-state index contributed by atoms with van der Waals surface area (Å²) >= 11 is 0. The Morgan fingerprint density at radius 1 is 0.931 bits per heavy atom. The minimum absolute atomic E-state index is 0.142. The van der Waals surface area contributed by atoms with Crippen LogP contribution in [0.25, 0.3) is 0 Å². The minimum atomic E-state index is 0.142. The van der Waals surface area contributed by atoms with E-state index in [0.717, 1.165) is 36.0 Å². The van der Waals surface area contributed by atoms with Crippen molar-refractivity contribution in [2.45, 2.75) is 92.9 Å². The fourth-order valence-electron chi connectivity index (χ4n) is 9.62. The molecule has 1 heteroatoms. The van der Waals surface area contributed by atoms with Gasteiger partial charge in [0.05, 0.1) is 0 Å². The van der Waals surface area contributed by atoms with Crippen LogP contribution >= 0.6 is 0 Å². The Kier molecular flexibility index (Phi) is 4.53. The maximum atomic E-state index is 13.4. The highest BCUT2D eigenvalue weighted by Gasteiger charge is 2.77. The summed E-state index contributed by atoms with van der Waals surface area (Å²) in [6, 6.07) is 0. The second-order valence-corrected chi connectivity index (χ2v) is 12.9. The SMILES string of the molecule is CC(C)[C@H](C)C=C[C@@H](C)[C@H]1CC[C@H]2[C@@H]3CC(=O)C45CC4CC[C@]5(C)[C@H]3CC[C@]12C. The predicted octanol–water partition coefficient (Wildman–Crippen LogP) is 7.31. The zero-order chi connectivity index (χ0) is 20.8. The molecule has 0 amide bonds. The van der Waals surface area contributed by atoms with Gasteiger partial charge in [0.2, 0.25) is 0 Å². The number of hydrogen-bond acceptors (Lipinski definition) is 1. The number of ketones is 1. The van der Waals surface area contributed by atoms with E-state index in [2.05, 4.69) is 53.7 Å². The van der Waals surface area contributed by atoms with Crippen LogP contribution in [0, 0.1) is 63.6 Å². The van der Waals surface area contributed by atoms with E-state index >= 15 is 0 Å². The van der Waals surface area contributed by atoms with Crippen molar-refractivity contribution in [1.29, 1.82) is 0 Å². The quantitative estimate of drug-likeness (QED) is 0.455. The number of fused-ring (bicyclic) bond motifs is 4. The third-order valence-corrected chi connectivity index (χ3v) is 11.8. The Balaban J connectivity index is 1.38. The molecule has 5 fully saturated rings. The topological polar surface area (TPSA) is 17.1 Å². The third kappa shape index (κ3) is 2.54. The normalized spacial score (nSPS) is 52.8. The first kappa shape index (κ1) is 20.3. The number of hydrogen-bond donors (Lipinski definition) is 0. The van der Waals surface area contributed by atoms with Crippen LogP contribution in [0.15, 0.2) is 12.2 Å². The Labute approximate surface area is 179 Å². The lowest BCUT2D eigenvalue weighted by molar-refractivity contribution is -0.151. The summed E-state index contributed by atoms with van der Waals surface area (Å²) in [5.41, 5.74) is 0.937. The molecule has 162 valence electrons. The Hall–Kier alpha value is -0.590. The van der Waals surface area contributed by atoms with Gasteiger partial charge in [0.1, 0.15) is 5.78 Å². The van der Waals surface area contributed by atoms with Crippen LogP contribution in [0.4, 0.5) is 0 Å². The molecule has 0 saturated heterocycles. The maximum absolute atomic E-state index is 13.4. The molecule has 0 N–H and O–H groups in total. The van der Waals surface area contributed by atoms with Crippen molar-refractivity contribution >= 4 is 5.78 Å². The van der Waals surface area contributed by atoms with Gasteiger partial charge < -0.3 is 0 Å². The van der Waals surface area contributed by atoms with E-state index in [1.807, 2.05) is 0 Å². The molecule has 10 atom stereocenters. The highest BCUT2D eigenvalue weighted by molar-refractivity contribution is 5.91. The number of carbonyl (C=O) groups is 1. The van der Waals surface area contributed by atoms with E-state index < -0.39 is 0 Å². The van der Waals surface area contributed by atoms with E-state index in [1.165, 1.54) is 44.9 Å². The Morgan fingerprint density at radius 3 is 2.38 bits per heavy atom. The summed E-state index contributed by atoms with van der Waals surface area (Å²) in [6.45, 7) is 14.6. The van der Waals surface area contributed by atoms with Crippen LogP contribution < -0.4 is 0 Å². The van der Waals surface area contributed by atoms with Crippen molar-refractivity contribution < 1.29 is 4.79 Å². The second-order valence-electron chi connectivity index (χ2n) is 12.9. The molecule has 0 aromatic rings. The fraction of sp³-hybridized carbons (Fsp3) is 0.893. The van der Waals surface area contributed by atoms with Crippen LogP contribution in [-0.4, -0.2) is 5.78 Å². The van der Waals surface area contributed by atoms with E-state index in [0.29, 0.717) is 34.4 Å². The van der Waals surface area contributed by atoms with Crippen LogP contribution in [0.1, 0.15) is 92.9 Å². The van der Waals surface area contributed by atoms with E-state index in [9.17, 15) is 4.79 Å². The van der Waals surface area contributed by atoms with Crippen LogP contribution in [-0.2, 0) is 4.79 Å². The highest BCUT2D eigenvalue weighted by Crippen LogP contribution is 2.80. The summed E-state index contributed by atoms with van der Waals surface area (Å²) in [7, 11) is 0.